The Kier molecular flexibility index (Phi) is 3.57. The predicted molar refractivity (Wildman–Crippen MR) is 89.7 cm³/mol. The monoisotopic (exact) mass is 310 g/mol. The van der Waals surface area contributed by atoms with E-state index in [9.17, 15) is 4.79 Å². The van der Waals surface area contributed by atoms with Crippen LogP contribution in [0.4, 0.5) is 0 Å². The molecule has 2 unspecified atom stereocenters. The number of aromatic nitrogens is 1. The molecule has 0 N–H and O–H groups in total. The maximum atomic E-state index is 13.3. The molecule has 1 saturated heterocycles. The van der Waals surface area contributed by atoms with Crippen LogP contribution in [0.25, 0.3) is 10.9 Å². The molecule has 4 nitrogen and oxygen atoms in total. The third-order valence-corrected chi connectivity index (χ3v) is 4.84. The first-order valence-corrected chi connectivity index (χ1v) is 8.48. The highest BCUT2D eigenvalue weighted by molar-refractivity contribution is 6.07. The number of benzene rings is 1. The average Bonchev–Trinajstić information content (AvgIpc) is 2.98. The van der Waals surface area contributed by atoms with Crippen molar-refractivity contribution in [3.63, 3.8) is 0 Å². The van der Waals surface area contributed by atoms with Gasteiger partial charge >= 0.3 is 0 Å². The summed E-state index contributed by atoms with van der Waals surface area (Å²) in [6, 6.07) is 8.02. The van der Waals surface area contributed by atoms with E-state index in [4.69, 9.17) is 9.72 Å². The van der Waals surface area contributed by atoms with E-state index >= 15 is 0 Å². The number of ether oxygens (including phenoxy) is 1. The third-order valence-electron chi connectivity index (χ3n) is 4.84. The van der Waals surface area contributed by atoms with E-state index in [0.29, 0.717) is 13.1 Å². The summed E-state index contributed by atoms with van der Waals surface area (Å²) in [6.07, 6.45) is 3.21. The topological polar surface area (TPSA) is 42.4 Å². The molecular weight excluding hydrogens is 288 g/mol. The largest absolute Gasteiger partial charge is 0.372 e. The van der Waals surface area contributed by atoms with Gasteiger partial charge in [-0.05, 0) is 44.7 Å². The van der Waals surface area contributed by atoms with Crippen molar-refractivity contribution in [3.8, 4) is 0 Å². The van der Waals surface area contributed by atoms with Crippen molar-refractivity contribution in [1.29, 1.82) is 0 Å². The molecule has 1 aromatic carbocycles. The van der Waals surface area contributed by atoms with Crippen LogP contribution < -0.4 is 0 Å². The van der Waals surface area contributed by atoms with Crippen molar-refractivity contribution in [3.05, 3.63) is 41.1 Å². The van der Waals surface area contributed by atoms with Crippen molar-refractivity contribution >= 4 is 16.8 Å². The maximum absolute atomic E-state index is 13.3. The average molecular weight is 310 g/mol. The zero-order valence-electron chi connectivity index (χ0n) is 13.7. The summed E-state index contributed by atoms with van der Waals surface area (Å²) in [5.74, 6) is 0.142. The second-order valence-corrected chi connectivity index (χ2v) is 6.75. The van der Waals surface area contributed by atoms with Crippen LogP contribution in [0.2, 0.25) is 0 Å². The van der Waals surface area contributed by atoms with Crippen LogP contribution in [-0.4, -0.2) is 41.1 Å². The number of fused-ring (bicyclic) bond motifs is 2. The number of rotatable bonds is 1. The van der Waals surface area contributed by atoms with Gasteiger partial charge < -0.3 is 9.64 Å². The minimum atomic E-state index is 0.0869. The Bertz CT molecular complexity index is 761. The highest BCUT2D eigenvalue weighted by Gasteiger charge is 2.31. The second kappa shape index (κ2) is 5.60. The van der Waals surface area contributed by atoms with Gasteiger partial charge in [0.15, 0.2) is 0 Å². The lowest BCUT2D eigenvalue weighted by molar-refractivity contribution is -0.0585. The number of morpholine rings is 1. The molecule has 2 aliphatic rings. The van der Waals surface area contributed by atoms with Crippen molar-refractivity contribution in [1.82, 2.24) is 9.88 Å². The molecule has 0 spiro atoms. The van der Waals surface area contributed by atoms with Gasteiger partial charge in [0.1, 0.15) is 0 Å². The predicted octanol–water partition coefficient (Wildman–Crippen LogP) is 2.97. The molecule has 0 radical (unpaired) electrons. The van der Waals surface area contributed by atoms with E-state index < -0.39 is 0 Å². The zero-order chi connectivity index (χ0) is 16.0. The number of carbonyl (C=O) groups excluding carboxylic acids is 1. The quantitative estimate of drug-likeness (QED) is 0.813. The molecule has 1 aromatic heterocycles. The Hall–Kier alpha value is -1.94. The van der Waals surface area contributed by atoms with Gasteiger partial charge in [-0.15, -0.1) is 0 Å². The first-order chi connectivity index (χ1) is 11.1. The van der Waals surface area contributed by atoms with Gasteiger partial charge in [0.05, 0.1) is 23.3 Å². The van der Waals surface area contributed by atoms with E-state index in [-0.39, 0.29) is 18.1 Å². The van der Waals surface area contributed by atoms with Gasteiger partial charge in [-0.25, -0.2) is 0 Å². The summed E-state index contributed by atoms with van der Waals surface area (Å²) in [6.45, 7) is 5.39. The molecule has 4 heteroatoms. The highest BCUT2D eigenvalue weighted by atomic mass is 16.5. The van der Waals surface area contributed by atoms with Gasteiger partial charge in [0.2, 0.25) is 0 Å². The zero-order valence-corrected chi connectivity index (χ0v) is 13.7. The number of nitrogens with zero attached hydrogens (tertiary/aromatic N) is 2. The summed E-state index contributed by atoms with van der Waals surface area (Å²) < 4.78 is 5.78. The number of hydrogen-bond donors (Lipinski definition) is 0. The SMILES string of the molecule is CC1CN(C(=O)c2c3c(nc4ccccc24)CCC3)CC(C)O1. The number of carbonyl (C=O) groups is 1. The number of hydrogen-bond acceptors (Lipinski definition) is 3. The van der Waals surface area contributed by atoms with E-state index in [1.54, 1.807) is 0 Å². The number of amides is 1. The Labute approximate surface area is 136 Å². The number of pyridine rings is 1. The minimum Gasteiger partial charge on any atom is -0.372 e. The van der Waals surface area contributed by atoms with Gasteiger partial charge in [0, 0.05) is 24.2 Å². The molecule has 2 aromatic rings. The molecule has 4 rings (SSSR count). The standard InChI is InChI=1S/C19H22N2O2/c1-12-10-21(11-13(2)23-12)19(22)18-14-6-3-4-8-16(14)20-17-9-5-7-15(17)18/h3-4,6,8,12-13H,5,7,9-11H2,1-2H3. The lowest BCUT2D eigenvalue weighted by Crippen LogP contribution is -2.48. The summed E-state index contributed by atoms with van der Waals surface area (Å²) in [5.41, 5.74) is 4.09. The fraction of sp³-hybridized carbons (Fsp3) is 0.474. The molecule has 120 valence electrons. The molecule has 1 aliphatic heterocycles. The number of para-hydroxylation sites is 1. The molecule has 1 amide bonds. The van der Waals surface area contributed by atoms with Crippen molar-refractivity contribution in [2.24, 2.45) is 0 Å². The Morgan fingerprint density at radius 3 is 2.70 bits per heavy atom. The van der Waals surface area contributed by atoms with Crippen LogP contribution in [0.3, 0.4) is 0 Å². The van der Waals surface area contributed by atoms with Crippen molar-refractivity contribution in [2.45, 2.75) is 45.3 Å². The van der Waals surface area contributed by atoms with Crippen LogP contribution in [0, 0.1) is 0 Å². The summed E-state index contributed by atoms with van der Waals surface area (Å²) in [4.78, 5) is 20.0. The van der Waals surface area contributed by atoms with Gasteiger partial charge in [-0.2, -0.15) is 0 Å². The molecule has 1 fully saturated rings. The molecule has 2 atom stereocenters. The van der Waals surface area contributed by atoms with Crippen LogP contribution >= 0.6 is 0 Å². The van der Waals surface area contributed by atoms with Gasteiger partial charge in [0.25, 0.3) is 5.91 Å². The number of aryl methyl sites for hydroxylation is 1. The van der Waals surface area contributed by atoms with E-state index in [2.05, 4.69) is 0 Å². The molecular formula is C19H22N2O2. The molecule has 2 heterocycles. The first-order valence-electron chi connectivity index (χ1n) is 8.48. The molecule has 0 saturated carbocycles. The van der Waals surface area contributed by atoms with Crippen molar-refractivity contribution in [2.75, 3.05) is 13.1 Å². The third kappa shape index (κ3) is 2.51. The van der Waals surface area contributed by atoms with Crippen LogP contribution in [0.15, 0.2) is 24.3 Å². The van der Waals surface area contributed by atoms with Gasteiger partial charge in [-0.1, -0.05) is 18.2 Å². The van der Waals surface area contributed by atoms with Crippen LogP contribution in [0.1, 0.15) is 41.9 Å². The van der Waals surface area contributed by atoms with Gasteiger partial charge in [-0.3, -0.25) is 9.78 Å². The fourth-order valence-electron chi connectivity index (χ4n) is 3.96. The normalized spacial score (nSPS) is 24.0. The van der Waals surface area contributed by atoms with E-state index in [1.807, 2.05) is 43.0 Å². The molecule has 1 aliphatic carbocycles. The molecule has 23 heavy (non-hydrogen) atoms. The highest BCUT2D eigenvalue weighted by Crippen LogP contribution is 2.31. The van der Waals surface area contributed by atoms with Crippen LogP contribution in [-0.2, 0) is 17.6 Å². The minimum absolute atomic E-state index is 0.0869. The smallest absolute Gasteiger partial charge is 0.255 e. The second-order valence-electron chi connectivity index (χ2n) is 6.75. The first kappa shape index (κ1) is 14.6. The fourth-order valence-corrected chi connectivity index (χ4v) is 3.96. The lowest BCUT2D eigenvalue weighted by atomic mass is 9.99. The summed E-state index contributed by atoms with van der Waals surface area (Å²) >= 11 is 0. The Morgan fingerprint density at radius 1 is 1.17 bits per heavy atom. The molecule has 0 bridgehead atoms. The Balaban J connectivity index is 1.83. The summed E-state index contributed by atoms with van der Waals surface area (Å²) in [7, 11) is 0. The maximum Gasteiger partial charge on any atom is 0.255 e. The Morgan fingerprint density at radius 2 is 1.91 bits per heavy atom. The van der Waals surface area contributed by atoms with Crippen LogP contribution in [0.5, 0.6) is 0 Å². The lowest BCUT2D eigenvalue weighted by Gasteiger charge is -2.35. The van der Waals surface area contributed by atoms with E-state index in [1.165, 1.54) is 5.56 Å². The van der Waals surface area contributed by atoms with Crippen molar-refractivity contribution < 1.29 is 9.53 Å². The summed E-state index contributed by atoms with van der Waals surface area (Å²) in [5, 5.41) is 0.991. The van der Waals surface area contributed by atoms with E-state index in [0.717, 1.165) is 41.4 Å².